The molecule has 0 radical (unpaired) electrons. The lowest BCUT2D eigenvalue weighted by Crippen LogP contribution is -2.12. The van der Waals surface area contributed by atoms with E-state index in [1.807, 2.05) is 36.4 Å². The highest BCUT2D eigenvalue weighted by molar-refractivity contribution is 5.39. The number of hydrogen-bond acceptors (Lipinski definition) is 6. The van der Waals surface area contributed by atoms with Crippen LogP contribution in [0, 0.1) is 0 Å². The van der Waals surface area contributed by atoms with E-state index < -0.39 is 0 Å². The smallest absolute Gasteiger partial charge is 0.245 e. The second-order valence-electron chi connectivity index (χ2n) is 5.97. The highest BCUT2D eigenvalue weighted by Gasteiger charge is 2.07. The van der Waals surface area contributed by atoms with E-state index in [0.717, 1.165) is 18.7 Å². The van der Waals surface area contributed by atoms with Gasteiger partial charge in [-0.05, 0) is 36.6 Å². The highest BCUT2D eigenvalue weighted by Crippen LogP contribution is 2.17. The van der Waals surface area contributed by atoms with Crippen LogP contribution in [-0.4, -0.2) is 28.8 Å². The van der Waals surface area contributed by atoms with Crippen molar-refractivity contribution in [3.8, 4) is 5.75 Å². The highest BCUT2D eigenvalue weighted by atomic mass is 16.5. The SMILES string of the molecule is COc1cccc(CCNc2cnnc(NC(C)c3ccccc3)n2)c1. The van der Waals surface area contributed by atoms with Gasteiger partial charge >= 0.3 is 0 Å². The fraction of sp³-hybridized carbons (Fsp3) is 0.250. The van der Waals surface area contributed by atoms with Crippen LogP contribution < -0.4 is 15.4 Å². The molecule has 0 amide bonds. The van der Waals surface area contributed by atoms with E-state index in [1.165, 1.54) is 11.1 Å². The van der Waals surface area contributed by atoms with Crippen molar-refractivity contribution in [2.24, 2.45) is 0 Å². The average Bonchev–Trinajstić information content (AvgIpc) is 2.69. The molecule has 3 aromatic rings. The van der Waals surface area contributed by atoms with E-state index in [0.29, 0.717) is 11.8 Å². The van der Waals surface area contributed by atoms with Crippen molar-refractivity contribution in [2.75, 3.05) is 24.3 Å². The summed E-state index contributed by atoms with van der Waals surface area (Å²) in [5.41, 5.74) is 2.38. The molecule has 0 aliphatic rings. The number of aromatic nitrogens is 3. The summed E-state index contributed by atoms with van der Waals surface area (Å²) < 4.78 is 5.25. The van der Waals surface area contributed by atoms with Crippen LogP contribution in [0.25, 0.3) is 0 Å². The van der Waals surface area contributed by atoms with Gasteiger partial charge in [-0.3, -0.25) is 0 Å². The molecule has 0 fully saturated rings. The van der Waals surface area contributed by atoms with E-state index in [9.17, 15) is 0 Å². The number of ether oxygens (including phenoxy) is 1. The fourth-order valence-corrected chi connectivity index (χ4v) is 2.63. The Hall–Kier alpha value is -3.15. The summed E-state index contributed by atoms with van der Waals surface area (Å²) in [7, 11) is 1.68. The predicted octanol–water partition coefficient (Wildman–Crippen LogP) is 3.71. The third-order valence-corrected chi connectivity index (χ3v) is 4.06. The van der Waals surface area contributed by atoms with E-state index in [4.69, 9.17) is 4.74 Å². The number of anilines is 2. The monoisotopic (exact) mass is 349 g/mol. The molecule has 6 nitrogen and oxygen atoms in total. The molecule has 0 aliphatic carbocycles. The lowest BCUT2D eigenvalue weighted by atomic mass is 10.1. The van der Waals surface area contributed by atoms with Crippen LogP contribution in [0.1, 0.15) is 24.1 Å². The first-order valence-electron chi connectivity index (χ1n) is 8.62. The van der Waals surface area contributed by atoms with Gasteiger partial charge in [-0.25, -0.2) is 0 Å². The maximum Gasteiger partial charge on any atom is 0.245 e. The van der Waals surface area contributed by atoms with Gasteiger partial charge in [0.2, 0.25) is 5.95 Å². The minimum atomic E-state index is 0.102. The number of methoxy groups -OCH3 is 1. The summed E-state index contributed by atoms with van der Waals surface area (Å²) >= 11 is 0. The summed E-state index contributed by atoms with van der Waals surface area (Å²) in [6.07, 6.45) is 2.49. The van der Waals surface area contributed by atoms with Crippen molar-refractivity contribution in [1.29, 1.82) is 0 Å². The Morgan fingerprint density at radius 1 is 1.08 bits per heavy atom. The molecule has 2 aromatic carbocycles. The van der Waals surface area contributed by atoms with Crippen LogP contribution in [0.5, 0.6) is 5.75 Å². The Labute approximate surface area is 153 Å². The molecular formula is C20H23N5O. The standard InChI is InChI=1S/C20H23N5O/c1-15(17-8-4-3-5-9-17)23-20-24-19(14-22-25-20)21-12-11-16-7-6-10-18(13-16)26-2/h3-10,13-15H,11-12H2,1-2H3,(H2,21,23,24,25). The first kappa shape index (κ1) is 17.7. The second-order valence-corrected chi connectivity index (χ2v) is 5.97. The van der Waals surface area contributed by atoms with E-state index in [2.05, 4.69) is 50.9 Å². The number of hydrogen-bond donors (Lipinski definition) is 2. The van der Waals surface area contributed by atoms with E-state index in [1.54, 1.807) is 13.3 Å². The molecule has 6 heteroatoms. The lowest BCUT2D eigenvalue weighted by molar-refractivity contribution is 0.414. The predicted molar refractivity (Wildman–Crippen MR) is 103 cm³/mol. The van der Waals surface area contributed by atoms with Gasteiger partial charge in [0.05, 0.1) is 19.3 Å². The Balaban J connectivity index is 1.55. The Morgan fingerprint density at radius 3 is 2.73 bits per heavy atom. The van der Waals surface area contributed by atoms with Crippen LogP contribution in [0.2, 0.25) is 0 Å². The third-order valence-electron chi connectivity index (χ3n) is 4.06. The zero-order valence-electron chi connectivity index (χ0n) is 15.0. The molecule has 134 valence electrons. The molecule has 0 aliphatic heterocycles. The fourth-order valence-electron chi connectivity index (χ4n) is 2.63. The van der Waals surface area contributed by atoms with Gasteiger partial charge in [0.25, 0.3) is 0 Å². The zero-order valence-corrected chi connectivity index (χ0v) is 15.0. The molecule has 0 spiro atoms. The van der Waals surface area contributed by atoms with Crippen molar-refractivity contribution in [3.05, 3.63) is 71.9 Å². The molecule has 1 heterocycles. The molecular weight excluding hydrogens is 326 g/mol. The number of nitrogens with zero attached hydrogens (tertiary/aromatic N) is 3. The maximum absolute atomic E-state index is 5.25. The van der Waals surface area contributed by atoms with E-state index in [-0.39, 0.29) is 6.04 Å². The molecule has 0 bridgehead atoms. The van der Waals surface area contributed by atoms with Crippen LogP contribution >= 0.6 is 0 Å². The second kappa shape index (κ2) is 8.80. The van der Waals surface area contributed by atoms with Gasteiger partial charge in [0.1, 0.15) is 5.75 Å². The zero-order chi connectivity index (χ0) is 18.2. The maximum atomic E-state index is 5.25. The van der Waals surface area contributed by atoms with Gasteiger partial charge in [-0.2, -0.15) is 10.1 Å². The number of rotatable bonds is 8. The molecule has 2 N–H and O–H groups in total. The minimum absolute atomic E-state index is 0.102. The van der Waals surface area contributed by atoms with Crippen LogP contribution in [0.3, 0.4) is 0 Å². The van der Waals surface area contributed by atoms with Gasteiger partial charge in [-0.15, -0.1) is 5.10 Å². The summed E-state index contributed by atoms with van der Waals surface area (Å²) in [6, 6.07) is 18.3. The lowest BCUT2D eigenvalue weighted by Gasteiger charge is -2.14. The van der Waals surface area contributed by atoms with Crippen LogP contribution in [0.4, 0.5) is 11.8 Å². The molecule has 1 aromatic heterocycles. The summed E-state index contributed by atoms with van der Waals surface area (Å²) in [5, 5.41) is 14.7. The quantitative estimate of drug-likeness (QED) is 0.646. The Bertz CT molecular complexity index is 825. The van der Waals surface area contributed by atoms with Crippen molar-refractivity contribution in [3.63, 3.8) is 0 Å². The largest absolute Gasteiger partial charge is 0.497 e. The average molecular weight is 349 g/mol. The summed E-state index contributed by atoms with van der Waals surface area (Å²) in [4.78, 5) is 4.48. The number of nitrogens with one attached hydrogen (secondary N) is 2. The van der Waals surface area contributed by atoms with Gasteiger partial charge in [0, 0.05) is 6.54 Å². The van der Waals surface area contributed by atoms with Gasteiger partial charge < -0.3 is 15.4 Å². The molecule has 3 rings (SSSR count). The third kappa shape index (κ3) is 4.92. The first-order chi connectivity index (χ1) is 12.7. The molecule has 0 saturated carbocycles. The van der Waals surface area contributed by atoms with Crippen molar-refractivity contribution < 1.29 is 4.74 Å². The van der Waals surface area contributed by atoms with E-state index >= 15 is 0 Å². The van der Waals surface area contributed by atoms with Crippen molar-refractivity contribution >= 4 is 11.8 Å². The van der Waals surface area contributed by atoms with Crippen LogP contribution in [-0.2, 0) is 6.42 Å². The first-order valence-corrected chi connectivity index (χ1v) is 8.62. The molecule has 26 heavy (non-hydrogen) atoms. The van der Waals surface area contributed by atoms with Crippen molar-refractivity contribution in [1.82, 2.24) is 15.2 Å². The molecule has 0 saturated heterocycles. The summed E-state index contributed by atoms with van der Waals surface area (Å²) in [5.74, 6) is 2.07. The minimum Gasteiger partial charge on any atom is -0.497 e. The number of benzene rings is 2. The topological polar surface area (TPSA) is 72.0 Å². The van der Waals surface area contributed by atoms with Gasteiger partial charge in [0.15, 0.2) is 5.82 Å². The normalized spacial score (nSPS) is 11.6. The van der Waals surface area contributed by atoms with Gasteiger partial charge in [-0.1, -0.05) is 42.5 Å². The molecule has 1 unspecified atom stereocenters. The Kier molecular flexibility index (Phi) is 5.98. The van der Waals surface area contributed by atoms with Crippen LogP contribution in [0.15, 0.2) is 60.8 Å². The Morgan fingerprint density at radius 2 is 1.92 bits per heavy atom. The van der Waals surface area contributed by atoms with Crippen molar-refractivity contribution in [2.45, 2.75) is 19.4 Å². The summed E-state index contributed by atoms with van der Waals surface area (Å²) in [6.45, 7) is 2.82. The molecule has 1 atom stereocenters.